The Morgan fingerprint density at radius 2 is 2.00 bits per heavy atom. The van der Waals surface area contributed by atoms with E-state index in [2.05, 4.69) is 16.0 Å². The van der Waals surface area contributed by atoms with Crippen LogP contribution in [-0.4, -0.2) is 14.5 Å². The minimum atomic E-state index is 0.600. The first-order chi connectivity index (χ1) is 7.65. The lowest BCUT2D eigenvalue weighted by Crippen LogP contribution is -2.03. The van der Waals surface area contributed by atoms with Crippen molar-refractivity contribution in [1.82, 2.24) is 14.5 Å². The highest BCUT2D eigenvalue weighted by molar-refractivity contribution is 5.49. The molecule has 0 fully saturated rings. The number of aryl methyl sites for hydroxylation is 2. The third kappa shape index (κ3) is 1.47. The third-order valence-corrected chi connectivity index (χ3v) is 2.73. The number of nitriles is 1. The van der Waals surface area contributed by atoms with Crippen molar-refractivity contribution in [2.45, 2.75) is 20.8 Å². The molecule has 80 valence electrons. The largest absolute Gasteiger partial charge is 0.286 e. The van der Waals surface area contributed by atoms with E-state index < -0.39 is 0 Å². The fourth-order valence-electron chi connectivity index (χ4n) is 1.58. The average Bonchev–Trinajstić information content (AvgIpc) is 2.59. The second kappa shape index (κ2) is 3.78. The molecule has 0 aliphatic rings. The molecule has 0 atom stereocenters. The van der Waals surface area contributed by atoms with Gasteiger partial charge in [0.05, 0.1) is 11.3 Å². The van der Waals surface area contributed by atoms with Crippen molar-refractivity contribution in [1.29, 1.82) is 5.26 Å². The molecule has 0 unspecified atom stereocenters. The maximum Gasteiger partial charge on any atom is 0.156 e. The average molecular weight is 212 g/mol. The Labute approximate surface area is 94.2 Å². The summed E-state index contributed by atoms with van der Waals surface area (Å²) in [5.74, 6) is 0.653. The smallest absolute Gasteiger partial charge is 0.156 e. The number of imidazole rings is 1. The molecule has 0 aliphatic carbocycles. The van der Waals surface area contributed by atoms with Crippen LogP contribution in [0.3, 0.4) is 0 Å². The van der Waals surface area contributed by atoms with Crippen molar-refractivity contribution in [2.75, 3.05) is 0 Å². The highest BCUT2D eigenvalue weighted by Gasteiger charge is 2.11. The van der Waals surface area contributed by atoms with Crippen molar-refractivity contribution < 1.29 is 0 Å². The monoisotopic (exact) mass is 212 g/mol. The van der Waals surface area contributed by atoms with Crippen LogP contribution in [0.25, 0.3) is 5.82 Å². The minimum absolute atomic E-state index is 0.600. The van der Waals surface area contributed by atoms with Crippen molar-refractivity contribution in [3.05, 3.63) is 41.1 Å². The maximum absolute atomic E-state index is 9.13. The molecule has 0 saturated carbocycles. The maximum atomic E-state index is 9.13. The Hall–Kier alpha value is -2.15. The SMILES string of the molecule is Cc1ccnc(-n2cnc(C)c2C)c1C#N. The van der Waals surface area contributed by atoms with Gasteiger partial charge >= 0.3 is 0 Å². The summed E-state index contributed by atoms with van der Waals surface area (Å²) in [4.78, 5) is 8.47. The van der Waals surface area contributed by atoms with Gasteiger partial charge in [-0.25, -0.2) is 9.97 Å². The first kappa shape index (κ1) is 10.4. The Kier molecular flexibility index (Phi) is 2.45. The summed E-state index contributed by atoms with van der Waals surface area (Å²) >= 11 is 0. The quantitative estimate of drug-likeness (QED) is 0.727. The Bertz CT molecular complexity index is 575. The fourth-order valence-corrected chi connectivity index (χ4v) is 1.58. The second-order valence-electron chi connectivity index (χ2n) is 3.72. The Balaban J connectivity index is 2.70. The van der Waals surface area contributed by atoms with Crippen molar-refractivity contribution in [2.24, 2.45) is 0 Å². The summed E-state index contributed by atoms with van der Waals surface area (Å²) in [6.45, 7) is 5.81. The second-order valence-corrected chi connectivity index (χ2v) is 3.72. The molecule has 4 heteroatoms. The Morgan fingerprint density at radius 1 is 1.25 bits per heavy atom. The first-order valence-corrected chi connectivity index (χ1v) is 5.01. The Morgan fingerprint density at radius 3 is 2.56 bits per heavy atom. The van der Waals surface area contributed by atoms with Gasteiger partial charge in [-0.05, 0) is 32.4 Å². The summed E-state index contributed by atoms with van der Waals surface area (Å²) in [7, 11) is 0. The van der Waals surface area contributed by atoms with E-state index in [-0.39, 0.29) is 0 Å². The van der Waals surface area contributed by atoms with E-state index in [1.54, 1.807) is 12.5 Å². The standard InChI is InChI=1S/C12H12N4/c1-8-4-5-14-12(11(8)6-13)16-7-15-9(2)10(16)3/h4-5,7H,1-3H3. The topological polar surface area (TPSA) is 54.5 Å². The van der Waals surface area contributed by atoms with E-state index >= 15 is 0 Å². The zero-order chi connectivity index (χ0) is 11.7. The predicted octanol–water partition coefficient (Wildman–Crippen LogP) is 2.06. The number of rotatable bonds is 1. The van der Waals surface area contributed by atoms with Gasteiger partial charge in [0.15, 0.2) is 5.82 Å². The number of pyridine rings is 1. The van der Waals surface area contributed by atoms with E-state index in [1.807, 2.05) is 31.4 Å². The number of aromatic nitrogens is 3. The molecule has 2 rings (SSSR count). The van der Waals surface area contributed by atoms with E-state index in [0.717, 1.165) is 17.0 Å². The molecule has 0 amide bonds. The highest BCUT2D eigenvalue weighted by atomic mass is 15.1. The predicted molar refractivity (Wildman–Crippen MR) is 60.3 cm³/mol. The lowest BCUT2D eigenvalue weighted by atomic mass is 10.1. The molecule has 0 radical (unpaired) electrons. The molecule has 0 aromatic carbocycles. The molecular formula is C12H12N4. The van der Waals surface area contributed by atoms with Gasteiger partial charge in [0.2, 0.25) is 0 Å². The molecule has 2 aromatic heterocycles. The van der Waals surface area contributed by atoms with Crippen molar-refractivity contribution in [3.8, 4) is 11.9 Å². The minimum Gasteiger partial charge on any atom is -0.286 e. The molecule has 2 aromatic rings. The van der Waals surface area contributed by atoms with Crippen molar-refractivity contribution >= 4 is 0 Å². The van der Waals surface area contributed by atoms with Gasteiger partial charge in [-0.3, -0.25) is 4.57 Å². The molecule has 2 heterocycles. The number of hydrogen-bond donors (Lipinski definition) is 0. The van der Waals surface area contributed by atoms with Crippen LogP contribution in [0.5, 0.6) is 0 Å². The van der Waals surface area contributed by atoms with Crippen LogP contribution >= 0.6 is 0 Å². The van der Waals surface area contributed by atoms with Gasteiger partial charge in [0.25, 0.3) is 0 Å². The van der Waals surface area contributed by atoms with E-state index in [1.165, 1.54) is 0 Å². The lowest BCUT2D eigenvalue weighted by Gasteiger charge is -2.07. The van der Waals surface area contributed by atoms with E-state index in [0.29, 0.717) is 11.4 Å². The molecule has 0 N–H and O–H groups in total. The van der Waals surface area contributed by atoms with Crippen LogP contribution in [0.2, 0.25) is 0 Å². The number of hydrogen-bond acceptors (Lipinski definition) is 3. The van der Waals surface area contributed by atoms with Gasteiger partial charge in [-0.2, -0.15) is 5.26 Å². The molecule has 4 nitrogen and oxygen atoms in total. The van der Waals surface area contributed by atoms with Crippen LogP contribution in [-0.2, 0) is 0 Å². The summed E-state index contributed by atoms with van der Waals surface area (Å²) in [5, 5.41) is 9.13. The van der Waals surface area contributed by atoms with Gasteiger partial charge in [-0.1, -0.05) is 0 Å². The molecule has 16 heavy (non-hydrogen) atoms. The van der Waals surface area contributed by atoms with Gasteiger partial charge in [0, 0.05) is 11.9 Å². The van der Waals surface area contributed by atoms with E-state index in [9.17, 15) is 0 Å². The summed E-state index contributed by atoms with van der Waals surface area (Å²) in [5.41, 5.74) is 3.49. The molecular weight excluding hydrogens is 200 g/mol. The van der Waals surface area contributed by atoms with Crippen LogP contribution in [0.1, 0.15) is 22.5 Å². The van der Waals surface area contributed by atoms with Gasteiger partial charge < -0.3 is 0 Å². The van der Waals surface area contributed by atoms with Crippen molar-refractivity contribution in [3.63, 3.8) is 0 Å². The molecule has 0 spiro atoms. The molecule has 0 bridgehead atoms. The molecule has 0 saturated heterocycles. The van der Waals surface area contributed by atoms with Crippen LogP contribution < -0.4 is 0 Å². The van der Waals surface area contributed by atoms with Crippen LogP contribution in [0, 0.1) is 32.1 Å². The summed E-state index contributed by atoms with van der Waals surface area (Å²) in [6.07, 6.45) is 3.41. The first-order valence-electron chi connectivity index (χ1n) is 5.01. The zero-order valence-electron chi connectivity index (χ0n) is 9.52. The molecule has 0 aliphatic heterocycles. The van der Waals surface area contributed by atoms with Gasteiger partial charge in [-0.15, -0.1) is 0 Å². The fraction of sp³-hybridized carbons (Fsp3) is 0.250. The number of nitrogens with zero attached hydrogens (tertiary/aromatic N) is 4. The zero-order valence-corrected chi connectivity index (χ0v) is 9.52. The summed E-state index contributed by atoms with van der Waals surface area (Å²) < 4.78 is 1.85. The normalized spacial score (nSPS) is 10.1. The third-order valence-electron chi connectivity index (χ3n) is 2.73. The summed E-state index contributed by atoms with van der Waals surface area (Å²) in [6, 6.07) is 4.02. The van der Waals surface area contributed by atoms with E-state index in [4.69, 9.17) is 5.26 Å². The van der Waals surface area contributed by atoms with Gasteiger partial charge in [0.1, 0.15) is 12.4 Å². The van der Waals surface area contributed by atoms with Crippen LogP contribution in [0.4, 0.5) is 0 Å². The lowest BCUT2D eigenvalue weighted by molar-refractivity contribution is 0.940. The van der Waals surface area contributed by atoms with Crippen LogP contribution in [0.15, 0.2) is 18.6 Å². The highest BCUT2D eigenvalue weighted by Crippen LogP contribution is 2.17.